The van der Waals surface area contributed by atoms with Crippen molar-refractivity contribution in [3.63, 3.8) is 0 Å². The Kier molecular flexibility index (Phi) is 3.48. The monoisotopic (exact) mass is 266 g/mol. The topological polar surface area (TPSA) is 70.3 Å². The zero-order valence-corrected chi connectivity index (χ0v) is 10.8. The molecule has 1 unspecified atom stereocenters. The fourth-order valence-electron chi connectivity index (χ4n) is 3.05. The molecular weight excluding hydrogens is 247 g/mol. The summed E-state index contributed by atoms with van der Waals surface area (Å²) in [7, 11) is 0. The Morgan fingerprint density at radius 3 is 3.00 bits per heavy atom. The van der Waals surface area contributed by atoms with Gasteiger partial charge in [-0.2, -0.15) is 4.98 Å². The van der Waals surface area contributed by atoms with Crippen molar-refractivity contribution in [2.24, 2.45) is 5.84 Å². The normalized spacial score (nSPS) is 24.1. The quantitative estimate of drug-likeness (QED) is 0.602. The summed E-state index contributed by atoms with van der Waals surface area (Å²) in [4.78, 5) is 12.5. The fraction of sp³-hybridized carbons (Fsp3) is 0.667. The van der Waals surface area contributed by atoms with Gasteiger partial charge in [-0.3, -0.25) is 10.3 Å². The third-order valence-corrected chi connectivity index (χ3v) is 3.96. The summed E-state index contributed by atoms with van der Waals surface area (Å²) in [6.07, 6.45) is 4.63. The van der Waals surface area contributed by atoms with Crippen LogP contribution in [0.1, 0.15) is 19.3 Å². The number of hydrazine groups is 1. The minimum atomic E-state index is -0.384. The third-order valence-electron chi connectivity index (χ3n) is 3.96. The van der Waals surface area contributed by atoms with Gasteiger partial charge in [-0.1, -0.05) is 0 Å². The summed E-state index contributed by atoms with van der Waals surface area (Å²) in [5.41, 5.74) is 2.37. The summed E-state index contributed by atoms with van der Waals surface area (Å²) < 4.78 is 13.9. The molecule has 1 aromatic heterocycles. The lowest BCUT2D eigenvalue weighted by Crippen LogP contribution is -2.37. The second-order valence-corrected chi connectivity index (χ2v) is 5.14. The van der Waals surface area contributed by atoms with Crippen LogP contribution < -0.4 is 16.2 Å². The van der Waals surface area contributed by atoms with Gasteiger partial charge in [0.1, 0.15) is 0 Å². The summed E-state index contributed by atoms with van der Waals surface area (Å²) in [5, 5.41) is 0. The molecule has 3 N–H and O–H groups in total. The molecule has 3 rings (SSSR count). The van der Waals surface area contributed by atoms with Gasteiger partial charge in [0.2, 0.25) is 5.95 Å². The average molecular weight is 266 g/mol. The Balaban J connectivity index is 1.84. The zero-order valence-electron chi connectivity index (χ0n) is 10.8. The molecule has 104 valence electrons. The van der Waals surface area contributed by atoms with E-state index in [4.69, 9.17) is 5.84 Å². The lowest BCUT2D eigenvalue weighted by Gasteiger charge is -2.26. The van der Waals surface area contributed by atoms with Crippen molar-refractivity contribution >= 4 is 11.8 Å². The predicted molar refractivity (Wildman–Crippen MR) is 71.2 cm³/mol. The second-order valence-electron chi connectivity index (χ2n) is 5.14. The van der Waals surface area contributed by atoms with Crippen molar-refractivity contribution in [1.29, 1.82) is 0 Å². The van der Waals surface area contributed by atoms with E-state index in [-0.39, 0.29) is 11.8 Å². The van der Waals surface area contributed by atoms with Crippen molar-refractivity contribution in [1.82, 2.24) is 14.9 Å². The number of nitrogens with two attached hydrogens (primary N) is 1. The van der Waals surface area contributed by atoms with Gasteiger partial charge < -0.3 is 4.90 Å². The number of fused-ring (bicyclic) bond motifs is 1. The van der Waals surface area contributed by atoms with Crippen LogP contribution in [0.3, 0.4) is 0 Å². The maximum atomic E-state index is 13.9. The SMILES string of the molecule is NNc1ncc(F)c(N2CCCN3CCCC3C2)n1. The van der Waals surface area contributed by atoms with E-state index in [1.165, 1.54) is 25.6 Å². The number of halogens is 1. The molecule has 0 amide bonds. The molecule has 0 aromatic carbocycles. The molecule has 0 spiro atoms. The molecule has 2 aliphatic rings. The Morgan fingerprint density at radius 2 is 2.16 bits per heavy atom. The van der Waals surface area contributed by atoms with Gasteiger partial charge in [0.25, 0.3) is 0 Å². The first-order valence-corrected chi connectivity index (χ1v) is 6.76. The first-order valence-electron chi connectivity index (χ1n) is 6.76. The molecular formula is C12H19FN6. The van der Waals surface area contributed by atoms with Crippen LogP contribution in [-0.4, -0.2) is 47.1 Å². The molecule has 0 saturated carbocycles. The van der Waals surface area contributed by atoms with E-state index in [1.807, 2.05) is 4.90 Å². The van der Waals surface area contributed by atoms with Crippen LogP contribution in [0.4, 0.5) is 16.2 Å². The van der Waals surface area contributed by atoms with Gasteiger partial charge >= 0.3 is 0 Å². The molecule has 0 aliphatic carbocycles. The zero-order chi connectivity index (χ0) is 13.2. The summed E-state index contributed by atoms with van der Waals surface area (Å²) in [6.45, 7) is 3.92. The van der Waals surface area contributed by atoms with Crippen molar-refractivity contribution < 1.29 is 4.39 Å². The molecule has 1 aromatic rings. The Labute approximate surface area is 111 Å². The lowest BCUT2D eigenvalue weighted by atomic mass is 10.2. The number of nitrogen functional groups attached to an aromatic ring is 1. The molecule has 0 radical (unpaired) electrons. The van der Waals surface area contributed by atoms with Crippen LogP contribution in [0.5, 0.6) is 0 Å². The lowest BCUT2D eigenvalue weighted by molar-refractivity contribution is 0.273. The predicted octanol–water partition coefficient (Wildman–Crippen LogP) is 0.576. The second kappa shape index (κ2) is 5.26. The van der Waals surface area contributed by atoms with Gasteiger partial charge in [-0.15, -0.1) is 0 Å². The first-order chi connectivity index (χ1) is 9.28. The molecule has 1 atom stereocenters. The highest BCUT2D eigenvalue weighted by Crippen LogP contribution is 2.25. The van der Waals surface area contributed by atoms with E-state index in [1.54, 1.807) is 0 Å². The number of nitrogens with zero attached hydrogens (tertiary/aromatic N) is 4. The van der Waals surface area contributed by atoms with Gasteiger partial charge in [0.15, 0.2) is 11.6 Å². The molecule has 2 aliphatic heterocycles. The minimum absolute atomic E-state index is 0.254. The molecule has 7 heteroatoms. The number of nitrogens with one attached hydrogen (secondary N) is 1. The molecule has 3 heterocycles. The maximum Gasteiger partial charge on any atom is 0.239 e. The largest absolute Gasteiger partial charge is 0.352 e. The van der Waals surface area contributed by atoms with Crippen LogP contribution in [0.15, 0.2) is 6.20 Å². The Bertz CT molecular complexity index is 454. The van der Waals surface area contributed by atoms with Crippen molar-refractivity contribution in [3.05, 3.63) is 12.0 Å². The van der Waals surface area contributed by atoms with Crippen LogP contribution in [0.25, 0.3) is 0 Å². The van der Waals surface area contributed by atoms with E-state index in [9.17, 15) is 4.39 Å². The van der Waals surface area contributed by atoms with E-state index in [2.05, 4.69) is 20.3 Å². The number of hydrogen-bond acceptors (Lipinski definition) is 6. The van der Waals surface area contributed by atoms with E-state index >= 15 is 0 Å². The molecule has 2 fully saturated rings. The molecule has 19 heavy (non-hydrogen) atoms. The highest BCUT2D eigenvalue weighted by molar-refractivity contribution is 5.44. The smallest absolute Gasteiger partial charge is 0.239 e. The van der Waals surface area contributed by atoms with Crippen molar-refractivity contribution in [2.45, 2.75) is 25.3 Å². The van der Waals surface area contributed by atoms with Gasteiger partial charge in [-0.05, 0) is 25.8 Å². The summed E-state index contributed by atoms with van der Waals surface area (Å²) in [6, 6.07) is 0.520. The molecule has 0 bridgehead atoms. The number of hydrogen-bond donors (Lipinski definition) is 2. The molecule has 6 nitrogen and oxygen atoms in total. The minimum Gasteiger partial charge on any atom is -0.352 e. The van der Waals surface area contributed by atoms with Crippen molar-refractivity contribution in [3.8, 4) is 0 Å². The number of aromatic nitrogens is 2. The van der Waals surface area contributed by atoms with Gasteiger partial charge in [0, 0.05) is 25.7 Å². The standard InChI is InChI=1S/C12H19FN6/c13-10-7-15-12(17-14)16-11(10)19-6-2-5-18-4-1-3-9(18)8-19/h7,9H,1-6,8,14H2,(H,15,16,17). The average Bonchev–Trinajstić information content (AvgIpc) is 2.77. The number of rotatable bonds is 2. The van der Waals surface area contributed by atoms with E-state index < -0.39 is 0 Å². The first kappa shape index (κ1) is 12.6. The summed E-state index contributed by atoms with van der Waals surface area (Å²) in [5.74, 6) is 5.52. The van der Waals surface area contributed by atoms with Crippen LogP contribution in [-0.2, 0) is 0 Å². The van der Waals surface area contributed by atoms with E-state index in [0.717, 1.165) is 26.1 Å². The molecule has 2 saturated heterocycles. The Hall–Kier alpha value is -1.47. The van der Waals surface area contributed by atoms with Gasteiger partial charge in [-0.25, -0.2) is 15.2 Å². The van der Waals surface area contributed by atoms with E-state index in [0.29, 0.717) is 11.9 Å². The maximum absolute atomic E-state index is 13.9. The third kappa shape index (κ3) is 2.48. The van der Waals surface area contributed by atoms with Gasteiger partial charge in [0.05, 0.1) is 6.20 Å². The number of anilines is 2. The van der Waals surface area contributed by atoms with Crippen LogP contribution in [0, 0.1) is 5.82 Å². The van der Waals surface area contributed by atoms with Crippen molar-refractivity contribution in [2.75, 3.05) is 36.5 Å². The van der Waals surface area contributed by atoms with Crippen LogP contribution >= 0.6 is 0 Å². The highest BCUT2D eigenvalue weighted by Gasteiger charge is 2.30. The highest BCUT2D eigenvalue weighted by atomic mass is 19.1. The Morgan fingerprint density at radius 1 is 1.32 bits per heavy atom. The van der Waals surface area contributed by atoms with Crippen LogP contribution in [0.2, 0.25) is 0 Å². The summed E-state index contributed by atoms with van der Waals surface area (Å²) >= 11 is 0. The fourth-order valence-corrected chi connectivity index (χ4v) is 3.05.